The number of rotatable bonds is 5. The van der Waals surface area contributed by atoms with Crippen LogP contribution in [0.3, 0.4) is 0 Å². The van der Waals surface area contributed by atoms with Crippen molar-refractivity contribution in [1.29, 1.82) is 0 Å². The summed E-state index contributed by atoms with van der Waals surface area (Å²) in [5.74, 6) is 1.54. The first-order valence-electron chi connectivity index (χ1n) is 6.20. The van der Waals surface area contributed by atoms with E-state index < -0.39 is 0 Å². The van der Waals surface area contributed by atoms with Crippen LogP contribution in [-0.2, 0) is 6.61 Å². The van der Waals surface area contributed by atoms with Crippen molar-refractivity contribution < 1.29 is 9.53 Å². The number of benzene rings is 1. The zero-order chi connectivity index (χ0) is 13.8. The molecule has 2 aromatic rings. The van der Waals surface area contributed by atoms with E-state index in [1.54, 1.807) is 31.2 Å². The molecule has 100 valence electrons. The summed E-state index contributed by atoms with van der Waals surface area (Å²) >= 11 is 0. The Morgan fingerprint density at radius 2 is 2.00 bits per heavy atom. The van der Waals surface area contributed by atoms with Crippen LogP contribution in [0.4, 0.5) is 0 Å². The molecule has 0 fully saturated rings. The second-order valence-electron chi connectivity index (χ2n) is 4.58. The van der Waals surface area contributed by atoms with E-state index in [1.165, 1.54) is 6.33 Å². The Hall–Kier alpha value is -2.17. The molecule has 2 rings (SSSR count). The predicted molar refractivity (Wildman–Crippen MR) is 71.2 cm³/mol. The van der Waals surface area contributed by atoms with Gasteiger partial charge in [-0.2, -0.15) is 5.10 Å². The van der Waals surface area contributed by atoms with E-state index >= 15 is 0 Å². The van der Waals surface area contributed by atoms with Gasteiger partial charge in [-0.1, -0.05) is 0 Å². The highest BCUT2D eigenvalue weighted by atomic mass is 16.5. The van der Waals surface area contributed by atoms with E-state index in [0.29, 0.717) is 17.9 Å². The number of carbonyl (C=O) groups excluding carboxylic acids is 1. The summed E-state index contributed by atoms with van der Waals surface area (Å²) in [5, 5.41) is 4.15. The lowest BCUT2D eigenvalue weighted by atomic mass is 10.1. The first-order valence-corrected chi connectivity index (χ1v) is 6.20. The standard InChI is InChI=1S/C14H17N3O2/c1-10(2)17-14(15-9-16-17)8-19-13-6-4-12(5-7-13)11(3)18/h4-7,9-10H,8H2,1-3H3. The second-order valence-corrected chi connectivity index (χ2v) is 4.58. The van der Waals surface area contributed by atoms with Crippen LogP contribution in [0.2, 0.25) is 0 Å². The largest absolute Gasteiger partial charge is 0.486 e. The summed E-state index contributed by atoms with van der Waals surface area (Å²) in [5.41, 5.74) is 0.678. The van der Waals surface area contributed by atoms with Crippen LogP contribution in [0.25, 0.3) is 0 Å². The third kappa shape index (κ3) is 3.19. The van der Waals surface area contributed by atoms with E-state index in [9.17, 15) is 4.79 Å². The molecular formula is C14H17N3O2. The molecule has 0 N–H and O–H groups in total. The monoisotopic (exact) mass is 259 g/mol. The van der Waals surface area contributed by atoms with Crippen LogP contribution in [0, 0.1) is 0 Å². The highest BCUT2D eigenvalue weighted by Gasteiger charge is 2.08. The Kier molecular flexibility index (Phi) is 3.94. The Balaban J connectivity index is 2.02. The molecule has 0 saturated heterocycles. The van der Waals surface area contributed by atoms with Crippen molar-refractivity contribution in [3.63, 3.8) is 0 Å². The Morgan fingerprint density at radius 3 is 2.58 bits per heavy atom. The van der Waals surface area contributed by atoms with Gasteiger partial charge in [0, 0.05) is 11.6 Å². The third-order valence-corrected chi connectivity index (χ3v) is 2.77. The van der Waals surface area contributed by atoms with Gasteiger partial charge in [0.25, 0.3) is 0 Å². The molecular weight excluding hydrogens is 242 g/mol. The Bertz CT molecular complexity index is 558. The maximum atomic E-state index is 11.2. The summed E-state index contributed by atoms with van der Waals surface area (Å²) < 4.78 is 7.46. The van der Waals surface area contributed by atoms with Gasteiger partial charge in [-0.15, -0.1) is 0 Å². The molecule has 0 spiro atoms. The number of ether oxygens (including phenoxy) is 1. The fourth-order valence-corrected chi connectivity index (χ4v) is 1.74. The molecule has 0 aliphatic heterocycles. The predicted octanol–water partition coefficient (Wildman–Crippen LogP) is 2.64. The van der Waals surface area contributed by atoms with Crippen LogP contribution in [0.15, 0.2) is 30.6 Å². The van der Waals surface area contributed by atoms with Crippen LogP contribution in [-0.4, -0.2) is 20.5 Å². The quantitative estimate of drug-likeness (QED) is 0.774. The fraction of sp³-hybridized carbons (Fsp3) is 0.357. The molecule has 1 aromatic heterocycles. The van der Waals surface area contributed by atoms with E-state index in [0.717, 1.165) is 5.82 Å². The topological polar surface area (TPSA) is 57.0 Å². The average Bonchev–Trinajstić information content (AvgIpc) is 2.85. The Morgan fingerprint density at radius 1 is 1.32 bits per heavy atom. The van der Waals surface area contributed by atoms with E-state index in [4.69, 9.17) is 4.74 Å². The lowest BCUT2D eigenvalue weighted by Crippen LogP contribution is -2.10. The minimum atomic E-state index is 0.0473. The molecule has 0 saturated carbocycles. The fourth-order valence-electron chi connectivity index (χ4n) is 1.74. The van der Waals surface area contributed by atoms with Gasteiger partial charge in [0.1, 0.15) is 18.7 Å². The number of nitrogens with zero attached hydrogens (tertiary/aromatic N) is 3. The molecule has 1 aromatic carbocycles. The molecule has 0 aliphatic carbocycles. The number of ketones is 1. The van der Waals surface area contributed by atoms with Gasteiger partial charge in [0.15, 0.2) is 11.6 Å². The van der Waals surface area contributed by atoms with Crippen molar-refractivity contribution in [1.82, 2.24) is 14.8 Å². The van der Waals surface area contributed by atoms with Gasteiger partial charge in [-0.05, 0) is 45.0 Å². The SMILES string of the molecule is CC(=O)c1ccc(OCc2ncnn2C(C)C)cc1. The van der Waals surface area contributed by atoms with Gasteiger partial charge >= 0.3 is 0 Å². The van der Waals surface area contributed by atoms with Crippen molar-refractivity contribution in [2.75, 3.05) is 0 Å². The highest BCUT2D eigenvalue weighted by molar-refractivity contribution is 5.94. The molecule has 0 bridgehead atoms. The van der Waals surface area contributed by atoms with Crippen molar-refractivity contribution in [2.45, 2.75) is 33.4 Å². The molecule has 1 heterocycles. The number of hydrogen-bond donors (Lipinski definition) is 0. The average molecular weight is 259 g/mol. The van der Waals surface area contributed by atoms with E-state index in [2.05, 4.69) is 10.1 Å². The minimum Gasteiger partial charge on any atom is -0.486 e. The zero-order valence-electron chi connectivity index (χ0n) is 11.3. The third-order valence-electron chi connectivity index (χ3n) is 2.77. The second kappa shape index (κ2) is 5.65. The van der Waals surface area contributed by atoms with Gasteiger partial charge in [-0.25, -0.2) is 9.67 Å². The zero-order valence-corrected chi connectivity index (χ0v) is 11.3. The minimum absolute atomic E-state index is 0.0473. The van der Waals surface area contributed by atoms with Crippen molar-refractivity contribution in [2.24, 2.45) is 0 Å². The molecule has 0 radical (unpaired) electrons. The maximum absolute atomic E-state index is 11.2. The summed E-state index contributed by atoms with van der Waals surface area (Å²) in [7, 11) is 0. The molecule has 5 heteroatoms. The van der Waals surface area contributed by atoms with Crippen LogP contribution in [0.5, 0.6) is 5.75 Å². The smallest absolute Gasteiger partial charge is 0.165 e. The molecule has 0 atom stereocenters. The molecule has 0 unspecified atom stereocenters. The van der Waals surface area contributed by atoms with Crippen molar-refractivity contribution >= 4 is 5.78 Å². The van der Waals surface area contributed by atoms with Gasteiger partial charge in [-0.3, -0.25) is 4.79 Å². The van der Waals surface area contributed by atoms with E-state index in [-0.39, 0.29) is 11.8 Å². The number of Topliss-reactive ketones (excluding diaryl/α,β-unsaturated/α-hetero) is 1. The summed E-state index contributed by atoms with van der Waals surface area (Å²) in [6.07, 6.45) is 1.53. The number of aromatic nitrogens is 3. The number of hydrogen-bond acceptors (Lipinski definition) is 4. The van der Waals surface area contributed by atoms with Crippen LogP contribution >= 0.6 is 0 Å². The van der Waals surface area contributed by atoms with Gasteiger partial charge in [0.05, 0.1) is 0 Å². The lowest BCUT2D eigenvalue weighted by Gasteiger charge is -2.10. The molecule has 0 aliphatic rings. The van der Waals surface area contributed by atoms with Crippen LogP contribution in [0.1, 0.15) is 43.0 Å². The highest BCUT2D eigenvalue weighted by Crippen LogP contribution is 2.15. The van der Waals surface area contributed by atoms with Crippen LogP contribution < -0.4 is 4.74 Å². The normalized spacial score (nSPS) is 10.7. The molecule has 0 amide bonds. The first kappa shape index (κ1) is 13.3. The maximum Gasteiger partial charge on any atom is 0.165 e. The van der Waals surface area contributed by atoms with Crippen molar-refractivity contribution in [3.05, 3.63) is 42.0 Å². The first-order chi connectivity index (χ1) is 9.08. The number of carbonyl (C=O) groups is 1. The van der Waals surface area contributed by atoms with E-state index in [1.807, 2.05) is 18.5 Å². The Labute approximate surface area is 112 Å². The summed E-state index contributed by atoms with van der Waals surface area (Å²) in [4.78, 5) is 15.3. The lowest BCUT2D eigenvalue weighted by molar-refractivity contribution is 0.101. The van der Waals surface area contributed by atoms with Crippen molar-refractivity contribution in [3.8, 4) is 5.75 Å². The summed E-state index contributed by atoms with van der Waals surface area (Å²) in [6.45, 7) is 5.98. The molecule has 5 nitrogen and oxygen atoms in total. The van der Waals surface area contributed by atoms with Gasteiger partial charge < -0.3 is 4.74 Å². The molecule has 19 heavy (non-hydrogen) atoms. The van der Waals surface area contributed by atoms with Gasteiger partial charge in [0.2, 0.25) is 0 Å². The summed E-state index contributed by atoms with van der Waals surface area (Å²) in [6, 6.07) is 7.33.